The van der Waals surface area contributed by atoms with Crippen LogP contribution in [0.1, 0.15) is 19.3 Å². The molecule has 2 unspecified atom stereocenters. The summed E-state index contributed by atoms with van der Waals surface area (Å²) in [6, 6.07) is -1.91. The number of carboxylic acids is 1. The summed E-state index contributed by atoms with van der Waals surface area (Å²) in [5.41, 5.74) is 10.8. The van der Waals surface area contributed by atoms with Crippen LogP contribution >= 0.6 is 11.8 Å². The molecule has 0 saturated carbocycles. The van der Waals surface area contributed by atoms with E-state index >= 15 is 0 Å². The van der Waals surface area contributed by atoms with Crippen molar-refractivity contribution in [2.24, 2.45) is 11.5 Å². The zero-order valence-corrected chi connectivity index (χ0v) is 15.3. The standard InChI is InChI=1S/C14H25N5O6S/c1-26-5-4-8(15)13(24)19-9(2-3-10(16)20)14(25)18-6-11(21)17-7-12(22)23/h8-9H,2-7,15H2,1H3,(H2,16,20)(H,17,21)(H,18,25)(H,19,24)(H,22,23). The highest BCUT2D eigenvalue weighted by Crippen LogP contribution is 2.02. The normalized spacial score (nSPS) is 12.5. The van der Waals surface area contributed by atoms with Crippen molar-refractivity contribution in [3.8, 4) is 0 Å². The molecule has 0 fully saturated rings. The lowest BCUT2D eigenvalue weighted by atomic mass is 10.1. The smallest absolute Gasteiger partial charge is 0.322 e. The largest absolute Gasteiger partial charge is 0.480 e. The zero-order valence-electron chi connectivity index (χ0n) is 14.4. The molecule has 0 heterocycles. The Morgan fingerprint density at radius 2 is 1.69 bits per heavy atom. The second-order valence-corrected chi connectivity index (χ2v) is 6.33. The third kappa shape index (κ3) is 11.3. The van der Waals surface area contributed by atoms with Gasteiger partial charge in [-0.1, -0.05) is 0 Å². The minimum atomic E-state index is -1.23. The van der Waals surface area contributed by atoms with E-state index in [1.807, 2.05) is 6.26 Å². The Hall–Kier alpha value is -2.34. The molecule has 148 valence electrons. The Morgan fingerprint density at radius 3 is 2.23 bits per heavy atom. The molecule has 11 nitrogen and oxygen atoms in total. The minimum Gasteiger partial charge on any atom is -0.480 e. The van der Waals surface area contributed by atoms with Gasteiger partial charge in [0.2, 0.25) is 23.6 Å². The van der Waals surface area contributed by atoms with Gasteiger partial charge in [-0.05, 0) is 24.9 Å². The van der Waals surface area contributed by atoms with E-state index in [1.54, 1.807) is 0 Å². The number of carboxylic acid groups (broad SMARTS) is 1. The highest BCUT2D eigenvalue weighted by atomic mass is 32.2. The van der Waals surface area contributed by atoms with Gasteiger partial charge in [0.1, 0.15) is 12.6 Å². The van der Waals surface area contributed by atoms with Gasteiger partial charge in [-0.25, -0.2) is 0 Å². The van der Waals surface area contributed by atoms with Crippen molar-refractivity contribution >= 4 is 41.4 Å². The summed E-state index contributed by atoms with van der Waals surface area (Å²) in [5.74, 6) is -3.19. The maximum Gasteiger partial charge on any atom is 0.322 e. The van der Waals surface area contributed by atoms with Crippen molar-refractivity contribution in [2.75, 3.05) is 25.1 Å². The average molecular weight is 391 g/mol. The van der Waals surface area contributed by atoms with Crippen LogP contribution in [-0.2, 0) is 24.0 Å². The highest BCUT2D eigenvalue weighted by molar-refractivity contribution is 7.98. The molecule has 0 rings (SSSR count). The number of amides is 4. The quantitative estimate of drug-likeness (QED) is 0.193. The molecule has 8 N–H and O–H groups in total. The van der Waals surface area contributed by atoms with Crippen LogP contribution in [0.4, 0.5) is 0 Å². The molecule has 0 radical (unpaired) electrons. The molecule has 0 aliphatic heterocycles. The minimum absolute atomic E-state index is 0.0566. The van der Waals surface area contributed by atoms with Gasteiger partial charge in [-0.3, -0.25) is 24.0 Å². The first-order valence-corrected chi connectivity index (χ1v) is 9.16. The molecule has 0 bridgehead atoms. The predicted octanol–water partition coefficient (Wildman–Crippen LogP) is -2.87. The molecule has 12 heteroatoms. The molecule has 0 aliphatic rings. The Morgan fingerprint density at radius 1 is 1.04 bits per heavy atom. The predicted molar refractivity (Wildman–Crippen MR) is 95.0 cm³/mol. The molecule has 0 aromatic rings. The topological polar surface area (TPSA) is 194 Å². The molecule has 0 aromatic carbocycles. The van der Waals surface area contributed by atoms with E-state index < -0.39 is 54.8 Å². The van der Waals surface area contributed by atoms with Gasteiger partial charge in [0, 0.05) is 6.42 Å². The van der Waals surface area contributed by atoms with Crippen molar-refractivity contribution in [1.82, 2.24) is 16.0 Å². The lowest BCUT2D eigenvalue weighted by Crippen LogP contribution is -2.53. The fraction of sp³-hybridized carbons (Fsp3) is 0.643. The molecular weight excluding hydrogens is 366 g/mol. The number of thioether (sulfide) groups is 1. The third-order valence-corrected chi connectivity index (χ3v) is 3.79. The summed E-state index contributed by atoms with van der Waals surface area (Å²) in [7, 11) is 0. The van der Waals surface area contributed by atoms with Crippen molar-refractivity contribution < 1.29 is 29.1 Å². The molecule has 4 amide bonds. The number of primary amides is 1. The Balaban J connectivity index is 4.66. The van der Waals surface area contributed by atoms with Crippen LogP contribution in [0, 0.1) is 0 Å². The van der Waals surface area contributed by atoms with E-state index in [1.165, 1.54) is 11.8 Å². The fourth-order valence-electron chi connectivity index (χ4n) is 1.74. The van der Waals surface area contributed by atoms with Gasteiger partial charge < -0.3 is 32.5 Å². The summed E-state index contributed by atoms with van der Waals surface area (Å²) in [6.07, 6.45) is 2.07. The molecule has 0 aromatic heterocycles. The first kappa shape index (κ1) is 23.7. The fourth-order valence-corrected chi connectivity index (χ4v) is 2.23. The SMILES string of the molecule is CSCCC(N)C(=O)NC(CCC(N)=O)C(=O)NCC(=O)NCC(=O)O. The second kappa shape index (κ2) is 12.9. The highest BCUT2D eigenvalue weighted by Gasteiger charge is 2.24. The van der Waals surface area contributed by atoms with Gasteiger partial charge >= 0.3 is 5.97 Å². The van der Waals surface area contributed by atoms with Crippen LogP contribution in [0.25, 0.3) is 0 Å². The number of hydrogen-bond acceptors (Lipinski definition) is 7. The van der Waals surface area contributed by atoms with Gasteiger partial charge in [0.15, 0.2) is 0 Å². The molecule has 0 spiro atoms. The van der Waals surface area contributed by atoms with Gasteiger partial charge in [0.05, 0.1) is 12.6 Å². The summed E-state index contributed by atoms with van der Waals surface area (Å²) in [5, 5.41) is 15.2. The monoisotopic (exact) mass is 391 g/mol. The van der Waals surface area contributed by atoms with Crippen molar-refractivity contribution in [1.29, 1.82) is 0 Å². The van der Waals surface area contributed by atoms with Gasteiger partial charge in [-0.15, -0.1) is 0 Å². The molecule has 0 aliphatic carbocycles. The number of hydrogen-bond donors (Lipinski definition) is 6. The van der Waals surface area contributed by atoms with Crippen molar-refractivity contribution in [3.63, 3.8) is 0 Å². The Bertz CT molecular complexity index is 530. The van der Waals surface area contributed by atoms with Crippen molar-refractivity contribution in [3.05, 3.63) is 0 Å². The van der Waals surface area contributed by atoms with Gasteiger partial charge in [0.25, 0.3) is 0 Å². The lowest BCUT2D eigenvalue weighted by Gasteiger charge is -2.20. The maximum absolute atomic E-state index is 12.2. The lowest BCUT2D eigenvalue weighted by molar-refractivity contribution is -0.138. The number of nitrogens with one attached hydrogen (secondary N) is 3. The average Bonchev–Trinajstić information content (AvgIpc) is 2.58. The molecule has 0 saturated heterocycles. The van der Waals surface area contributed by atoms with E-state index in [0.717, 1.165) is 0 Å². The van der Waals surface area contributed by atoms with Crippen LogP contribution < -0.4 is 27.4 Å². The number of carbonyl (C=O) groups is 5. The van der Waals surface area contributed by atoms with Gasteiger partial charge in [-0.2, -0.15) is 11.8 Å². The summed E-state index contributed by atoms with van der Waals surface area (Å²) in [4.78, 5) is 56.9. The number of carbonyl (C=O) groups excluding carboxylic acids is 4. The maximum atomic E-state index is 12.2. The van der Waals surface area contributed by atoms with Crippen LogP contribution in [0.5, 0.6) is 0 Å². The first-order chi connectivity index (χ1) is 12.2. The second-order valence-electron chi connectivity index (χ2n) is 5.34. The van der Waals surface area contributed by atoms with Crippen LogP contribution in [-0.4, -0.2) is 71.9 Å². The zero-order chi connectivity index (χ0) is 20.1. The summed E-state index contributed by atoms with van der Waals surface area (Å²) < 4.78 is 0. The summed E-state index contributed by atoms with van der Waals surface area (Å²) in [6.45, 7) is -1.06. The van der Waals surface area contributed by atoms with Crippen LogP contribution in [0.2, 0.25) is 0 Å². The first-order valence-electron chi connectivity index (χ1n) is 7.76. The number of rotatable bonds is 13. The van der Waals surface area contributed by atoms with Crippen LogP contribution in [0.3, 0.4) is 0 Å². The molecule has 26 heavy (non-hydrogen) atoms. The van der Waals surface area contributed by atoms with E-state index in [4.69, 9.17) is 16.6 Å². The number of nitrogens with two attached hydrogens (primary N) is 2. The number of aliphatic carboxylic acids is 1. The Labute approximate surface area is 155 Å². The Kier molecular flexibility index (Phi) is 11.8. The molecular formula is C14H25N5O6S. The molecule has 2 atom stereocenters. The van der Waals surface area contributed by atoms with Crippen molar-refractivity contribution in [2.45, 2.75) is 31.3 Å². The van der Waals surface area contributed by atoms with E-state index in [9.17, 15) is 24.0 Å². The third-order valence-electron chi connectivity index (χ3n) is 3.14. The summed E-state index contributed by atoms with van der Waals surface area (Å²) >= 11 is 1.52. The van der Waals surface area contributed by atoms with E-state index in [0.29, 0.717) is 12.2 Å². The van der Waals surface area contributed by atoms with E-state index in [2.05, 4.69) is 16.0 Å². The van der Waals surface area contributed by atoms with E-state index in [-0.39, 0.29) is 12.8 Å². The van der Waals surface area contributed by atoms with Crippen LogP contribution in [0.15, 0.2) is 0 Å².